The summed E-state index contributed by atoms with van der Waals surface area (Å²) in [6, 6.07) is 6.30. The number of hydrogen-bond donors (Lipinski definition) is 1. The van der Waals surface area contributed by atoms with Crippen molar-refractivity contribution in [1.82, 2.24) is 9.78 Å². The first-order valence-corrected chi connectivity index (χ1v) is 6.80. The molecule has 0 aliphatic heterocycles. The Morgan fingerprint density at radius 1 is 1.30 bits per heavy atom. The molecule has 0 bridgehead atoms. The van der Waals surface area contributed by atoms with Gasteiger partial charge in [0.05, 0.1) is 19.0 Å². The molecule has 1 N–H and O–H groups in total. The van der Waals surface area contributed by atoms with E-state index in [1.54, 1.807) is 11.8 Å². The molecule has 1 aromatic carbocycles. The molecule has 108 valence electrons. The molecule has 0 aliphatic carbocycles. The number of ether oxygens (including phenoxy) is 1. The Bertz CT molecular complexity index is 582. The van der Waals surface area contributed by atoms with Crippen molar-refractivity contribution in [2.45, 2.75) is 32.7 Å². The van der Waals surface area contributed by atoms with Crippen molar-refractivity contribution >= 4 is 5.69 Å². The van der Waals surface area contributed by atoms with Crippen LogP contribution in [0.4, 0.5) is 5.69 Å². The van der Waals surface area contributed by atoms with Gasteiger partial charge in [-0.15, -0.1) is 0 Å². The molecular weight excluding hydrogens is 250 g/mol. The van der Waals surface area contributed by atoms with Crippen LogP contribution < -0.4 is 10.1 Å². The van der Waals surface area contributed by atoms with Crippen LogP contribution in [0.5, 0.6) is 5.75 Å². The van der Waals surface area contributed by atoms with Crippen LogP contribution in [0.3, 0.4) is 0 Å². The second-order valence-electron chi connectivity index (χ2n) is 6.04. The Labute approximate surface area is 120 Å². The van der Waals surface area contributed by atoms with Gasteiger partial charge in [-0.3, -0.25) is 4.68 Å². The van der Waals surface area contributed by atoms with Gasteiger partial charge < -0.3 is 10.1 Å². The maximum absolute atomic E-state index is 5.42. The van der Waals surface area contributed by atoms with Crippen LogP contribution in [0.15, 0.2) is 30.6 Å². The van der Waals surface area contributed by atoms with Gasteiger partial charge in [0.15, 0.2) is 0 Å². The number of benzene rings is 1. The number of aryl methyl sites for hydroxylation is 1. The fourth-order valence-electron chi connectivity index (χ4n) is 2.07. The molecule has 4 nitrogen and oxygen atoms in total. The Morgan fingerprint density at radius 2 is 2.05 bits per heavy atom. The van der Waals surface area contributed by atoms with Gasteiger partial charge in [0, 0.05) is 25.4 Å². The van der Waals surface area contributed by atoms with Crippen LogP contribution in [0, 0.1) is 0 Å². The second-order valence-corrected chi connectivity index (χ2v) is 6.04. The number of methoxy groups -OCH3 is 1. The van der Waals surface area contributed by atoms with Crippen molar-refractivity contribution in [2.75, 3.05) is 12.4 Å². The lowest BCUT2D eigenvalue weighted by atomic mass is 9.87. The average Bonchev–Trinajstić information content (AvgIpc) is 2.80. The van der Waals surface area contributed by atoms with E-state index in [4.69, 9.17) is 4.74 Å². The van der Waals surface area contributed by atoms with E-state index >= 15 is 0 Å². The van der Waals surface area contributed by atoms with Gasteiger partial charge in [-0.05, 0) is 23.1 Å². The molecule has 2 rings (SSSR count). The largest absolute Gasteiger partial charge is 0.495 e. The summed E-state index contributed by atoms with van der Waals surface area (Å²) in [5.74, 6) is 0.863. The van der Waals surface area contributed by atoms with Crippen molar-refractivity contribution in [3.05, 3.63) is 41.7 Å². The summed E-state index contributed by atoms with van der Waals surface area (Å²) in [5, 5.41) is 7.60. The van der Waals surface area contributed by atoms with Gasteiger partial charge in [-0.1, -0.05) is 26.8 Å². The molecular formula is C16H23N3O. The molecule has 0 atom stereocenters. The molecule has 0 saturated carbocycles. The zero-order valence-electron chi connectivity index (χ0n) is 12.9. The maximum atomic E-state index is 5.42. The summed E-state index contributed by atoms with van der Waals surface area (Å²) >= 11 is 0. The number of rotatable bonds is 4. The summed E-state index contributed by atoms with van der Waals surface area (Å²) in [7, 11) is 3.62. The minimum absolute atomic E-state index is 0.122. The molecule has 4 heteroatoms. The number of aromatic nitrogens is 2. The molecule has 0 saturated heterocycles. The standard InChI is InChI=1S/C16H23N3O/c1-16(2,3)13-6-7-15(20-5)14(8-13)17-9-12-10-18-19(4)11-12/h6-8,10-11,17H,9H2,1-5H3. The fraction of sp³-hybridized carbons (Fsp3) is 0.438. The van der Waals surface area contributed by atoms with E-state index in [0.29, 0.717) is 0 Å². The summed E-state index contributed by atoms with van der Waals surface area (Å²) in [6.45, 7) is 7.36. The maximum Gasteiger partial charge on any atom is 0.141 e. The lowest BCUT2D eigenvalue weighted by molar-refractivity contribution is 0.416. The highest BCUT2D eigenvalue weighted by Gasteiger charge is 2.15. The third-order valence-electron chi connectivity index (χ3n) is 3.31. The van der Waals surface area contributed by atoms with E-state index in [9.17, 15) is 0 Å². The highest BCUT2D eigenvalue weighted by Crippen LogP contribution is 2.31. The monoisotopic (exact) mass is 273 g/mol. The minimum atomic E-state index is 0.122. The van der Waals surface area contributed by atoms with Crippen LogP contribution in [-0.4, -0.2) is 16.9 Å². The average molecular weight is 273 g/mol. The van der Waals surface area contributed by atoms with E-state index in [-0.39, 0.29) is 5.41 Å². The Kier molecular flexibility index (Phi) is 4.02. The van der Waals surface area contributed by atoms with Gasteiger partial charge >= 0.3 is 0 Å². The molecule has 0 unspecified atom stereocenters. The van der Waals surface area contributed by atoms with Crippen molar-refractivity contribution in [2.24, 2.45) is 7.05 Å². The minimum Gasteiger partial charge on any atom is -0.495 e. The molecule has 0 radical (unpaired) electrons. The molecule has 1 heterocycles. The first-order valence-electron chi connectivity index (χ1n) is 6.80. The third-order valence-corrected chi connectivity index (χ3v) is 3.31. The predicted octanol–water partition coefficient (Wildman–Crippen LogP) is 3.34. The Hall–Kier alpha value is -1.97. The lowest BCUT2D eigenvalue weighted by Crippen LogP contribution is -2.12. The van der Waals surface area contributed by atoms with Gasteiger partial charge in [0.2, 0.25) is 0 Å². The quantitative estimate of drug-likeness (QED) is 0.928. The molecule has 2 aromatic rings. The number of nitrogens with one attached hydrogen (secondary N) is 1. The van der Waals surface area contributed by atoms with Gasteiger partial charge in [-0.25, -0.2) is 0 Å². The van der Waals surface area contributed by atoms with E-state index < -0.39 is 0 Å². The molecule has 20 heavy (non-hydrogen) atoms. The van der Waals surface area contributed by atoms with Crippen LogP contribution in [0.2, 0.25) is 0 Å². The zero-order valence-corrected chi connectivity index (χ0v) is 12.9. The highest BCUT2D eigenvalue weighted by atomic mass is 16.5. The van der Waals surface area contributed by atoms with Crippen molar-refractivity contribution < 1.29 is 4.74 Å². The van der Waals surface area contributed by atoms with E-state index in [1.165, 1.54) is 5.56 Å². The number of hydrogen-bond acceptors (Lipinski definition) is 3. The van der Waals surface area contributed by atoms with E-state index in [0.717, 1.165) is 23.5 Å². The lowest BCUT2D eigenvalue weighted by Gasteiger charge is -2.21. The molecule has 0 fully saturated rings. The zero-order chi connectivity index (χ0) is 14.8. The normalized spacial score (nSPS) is 11.4. The van der Waals surface area contributed by atoms with Gasteiger partial charge in [-0.2, -0.15) is 5.10 Å². The fourth-order valence-corrected chi connectivity index (χ4v) is 2.07. The summed E-state index contributed by atoms with van der Waals surface area (Å²) in [4.78, 5) is 0. The van der Waals surface area contributed by atoms with E-state index in [1.807, 2.05) is 25.5 Å². The highest BCUT2D eigenvalue weighted by molar-refractivity contribution is 5.59. The molecule has 1 aromatic heterocycles. The van der Waals surface area contributed by atoms with Crippen LogP contribution in [0.1, 0.15) is 31.9 Å². The Balaban J connectivity index is 2.20. The summed E-state index contributed by atoms with van der Waals surface area (Å²) < 4.78 is 7.23. The van der Waals surface area contributed by atoms with E-state index in [2.05, 4.69) is 43.3 Å². The third kappa shape index (κ3) is 3.32. The molecule has 0 spiro atoms. The summed E-state index contributed by atoms with van der Waals surface area (Å²) in [5.41, 5.74) is 3.57. The summed E-state index contributed by atoms with van der Waals surface area (Å²) in [6.07, 6.45) is 3.88. The van der Waals surface area contributed by atoms with Crippen molar-refractivity contribution in [3.63, 3.8) is 0 Å². The van der Waals surface area contributed by atoms with Gasteiger partial charge in [0.25, 0.3) is 0 Å². The smallest absolute Gasteiger partial charge is 0.141 e. The van der Waals surface area contributed by atoms with Gasteiger partial charge in [0.1, 0.15) is 5.75 Å². The number of anilines is 1. The predicted molar refractivity (Wildman–Crippen MR) is 82.2 cm³/mol. The molecule has 0 amide bonds. The van der Waals surface area contributed by atoms with Crippen LogP contribution >= 0.6 is 0 Å². The van der Waals surface area contributed by atoms with Crippen molar-refractivity contribution in [1.29, 1.82) is 0 Å². The molecule has 0 aliphatic rings. The van der Waals surface area contributed by atoms with Crippen molar-refractivity contribution in [3.8, 4) is 5.75 Å². The number of nitrogens with zero attached hydrogens (tertiary/aromatic N) is 2. The topological polar surface area (TPSA) is 39.1 Å². The first-order chi connectivity index (χ1) is 9.40. The first kappa shape index (κ1) is 14.4. The van der Waals surface area contributed by atoms with Crippen LogP contribution in [-0.2, 0) is 19.0 Å². The van der Waals surface area contributed by atoms with Crippen LogP contribution in [0.25, 0.3) is 0 Å². The second kappa shape index (κ2) is 5.57. The Morgan fingerprint density at radius 3 is 2.60 bits per heavy atom. The SMILES string of the molecule is COc1ccc(C(C)(C)C)cc1NCc1cnn(C)c1.